The Morgan fingerprint density at radius 2 is 2.15 bits per heavy atom. The number of phenols is 1. The van der Waals surface area contributed by atoms with Crippen molar-refractivity contribution in [2.75, 3.05) is 33.8 Å². The summed E-state index contributed by atoms with van der Waals surface area (Å²) in [6.07, 6.45) is 2.23. The average Bonchev–Trinajstić information content (AvgIpc) is 2.46. The Morgan fingerprint density at radius 3 is 2.75 bits per heavy atom. The van der Waals surface area contributed by atoms with Crippen LogP contribution >= 0.6 is 0 Å². The maximum Gasteiger partial charge on any atom is 0.251 e. The summed E-state index contributed by atoms with van der Waals surface area (Å²) >= 11 is 0. The van der Waals surface area contributed by atoms with E-state index in [1.54, 1.807) is 12.1 Å². The smallest absolute Gasteiger partial charge is 0.251 e. The van der Waals surface area contributed by atoms with Crippen LogP contribution in [0.25, 0.3) is 0 Å². The molecular formula is C15H22N2O3. The lowest BCUT2D eigenvalue weighted by molar-refractivity contribution is 0.0938. The van der Waals surface area contributed by atoms with Crippen molar-refractivity contribution >= 4 is 5.91 Å². The Morgan fingerprint density at radius 1 is 1.45 bits per heavy atom. The average molecular weight is 278 g/mol. The van der Waals surface area contributed by atoms with Crippen LogP contribution in [-0.2, 0) is 0 Å². The molecule has 1 aromatic rings. The zero-order valence-electron chi connectivity index (χ0n) is 12.1. The normalized spacial score (nSPS) is 16.9. The van der Waals surface area contributed by atoms with Crippen LogP contribution in [-0.4, -0.2) is 49.7 Å². The Bertz CT molecular complexity index is 468. The number of hydrogen-bond acceptors (Lipinski definition) is 4. The van der Waals surface area contributed by atoms with Crippen LogP contribution in [0.3, 0.4) is 0 Å². The number of carbonyl (C=O) groups excluding carboxylic acids is 1. The summed E-state index contributed by atoms with van der Waals surface area (Å²) in [4.78, 5) is 14.3. The number of likely N-dealkylation sites (tertiary alicyclic amines) is 1. The van der Waals surface area contributed by atoms with Crippen LogP contribution in [0.1, 0.15) is 23.2 Å². The summed E-state index contributed by atoms with van der Waals surface area (Å²) in [6.45, 7) is 2.87. The van der Waals surface area contributed by atoms with Gasteiger partial charge in [-0.25, -0.2) is 0 Å². The van der Waals surface area contributed by atoms with Gasteiger partial charge in [-0.15, -0.1) is 0 Å². The predicted octanol–water partition coefficient (Wildman–Crippen LogP) is 1.47. The van der Waals surface area contributed by atoms with E-state index in [9.17, 15) is 9.90 Å². The van der Waals surface area contributed by atoms with Crippen molar-refractivity contribution in [3.8, 4) is 11.5 Å². The lowest BCUT2D eigenvalue weighted by Crippen LogP contribution is -2.36. The van der Waals surface area contributed by atoms with Crippen LogP contribution in [0.4, 0.5) is 0 Å². The molecule has 0 spiro atoms. The van der Waals surface area contributed by atoms with Crippen molar-refractivity contribution in [3.63, 3.8) is 0 Å². The number of rotatable bonds is 4. The molecule has 2 rings (SSSR count). The van der Waals surface area contributed by atoms with Gasteiger partial charge in [0.05, 0.1) is 7.11 Å². The van der Waals surface area contributed by atoms with E-state index in [1.165, 1.54) is 13.2 Å². The highest BCUT2D eigenvalue weighted by Gasteiger charge is 2.17. The van der Waals surface area contributed by atoms with Crippen molar-refractivity contribution < 1.29 is 14.6 Å². The number of aromatic hydroxyl groups is 1. The zero-order chi connectivity index (χ0) is 14.5. The van der Waals surface area contributed by atoms with Gasteiger partial charge < -0.3 is 20.1 Å². The summed E-state index contributed by atoms with van der Waals surface area (Å²) in [6, 6.07) is 4.69. The van der Waals surface area contributed by atoms with Gasteiger partial charge in [-0.2, -0.15) is 0 Å². The first kappa shape index (κ1) is 14.7. The number of benzene rings is 1. The maximum absolute atomic E-state index is 12.0. The Kier molecular flexibility index (Phi) is 4.84. The second kappa shape index (κ2) is 6.61. The van der Waals surface area contributed by atoms with E-state index in [-0.39, 0.29) is 11.7 Å². The van der Waals surface area contributed by atoms with Crippen LogP contribution < -0.4 is 10.1 Å². The summed E-state index contributed by atoms with van der Waals surface area (Å²) < 4.78 is 4.96. The molecule has 0 saturated carbocycles. The van der Waals surface area contributed by atoms with E-state index in [4.69, 9.17) is 4.74 Å². The van der Waals surface area contributed by atoms with E-state index in [1.807, 2.05) is 0 Å². The monoisotopic (exact) mass is 278 g/mol. The van der Waals surface area contributed by atoms with E-state index in [2.05, 4.69) is 17.3 Å². The molecule has 5 heteroatoms. The van der Waals surface area contributed by atoms with Gasteiger partial charge >= 0.3 is 0 Å². The van der Waals surface area contributed by atoms with Crippen molar-refractivity contribution in [3.05, 3.63) is 23.8 Å². The number of hydrogen-bond donors (Lipinski definition) is 2. The van der Waals surface area contributed by atoms with Gasteiger partial charge in [-0.05, 0) is 57.1 Å². The highest BCUT2D eigenvalue weighted by Crippen LogP contribution is 2.26. The van der Waals surface area contributed by atoms with Gasteiger partial charge in [0.1, 0.15) is 0 Å². The van der Waals surface area contributed by atoms with Gasteiger partial charge in [-0.1, -0.05) is 0 Å². The van der Waals surface area contributed by atoms with Gasteiger partial charge in [0, 0.05) is 12.1 Å². The molecule has 1 aliphatic heterocycles. The lowest BCUT2D eigenvalue weighted by Gasteiger charge is -2.28. The fourth-order valence-corrected chi connectivity index (χ4v) is 2.44. The van der Waals surface area contributed by atoms with Crippen molar-refractivity contribution in [1.82, 2.24) is 10.2 Å². The molecule has 20 heavy (non-hydrogen) atoms. The molecule has 0 unspecified atom stereocenters. The van der Waals surface area contributed by atoms with Gasteiger partial charge in [0.25, 0.3) is 5.91 Å². The van der Waals surface area contributed by atoms with E-state index in [0.717, 1.165) is 25.9 Å². The molecular weight excluding hydrogens is 256 g/mol. The highest BCUT2D eigenvalue weighted by molar-refractivity contribution is 5.94. The SMILES string of the molecule is COc1ccc(C(=O)NCC2CCN(C)CC2)cc1O. The third kappa shape index (κ3) is 3.63. The molecule has 0 radical (unpaired) electrons. The third-order valence-electron chi connectivity index (χ3n) is 3.83. The first-order valence-corrected chi connectivity index (χ1v) is 6.94. The summed E-state index contributed by atoms with van der Waals surface area (Å²) in [5.41, 5.74) is 0.455. The summed E-state index contributed by atoms with van der Waals surface area (Å²) in [7, 11) is 3.60. The molecule has 1 aliphatic rings. The summed E-state index contributed by atoms with van der Waals surface area (Å²) in [5.74, 6) is 0.750. The number of nitrogens with one attached hydrogen (secondary N) is 1. The molecule has 1 amide bonds. The lowest BCUT2D eigenvalue weighted by atomic mass is 9.97. The summed E-state index contributed by atoms with van der Waals surface area (Å²) in [5, 5.41) is 12.6. The second-order valence-corrected chi connectivity index (χ2v) is 5.34. The number of phenolic OH excluding ortho intramolecular Hbond substituents is 1. The van der Waals surface area contributed by atoms with E-state index >= 15 is 0 Å². The molecule has 5 nitrogen and oxygen atoms in total. The molecule has 1 fully saturated rings. The van der Waals surface area contributed by atoms with Crippen LogP contribution in [0, 0.1) is 5.92 Å². The van der Waals surface area contributed by atoms with Crippen molar-refractivity contribution in [1.29, 1.82) is 0 Å². The zero-order valence-corrected chi connectivity index (χ0v) is 12.1. The van der Waals surface area contributed by atoms with Crippen molar-refractivity contribution in [2.45, 2.75) is 12.8 Å². The number of methoxy groups -OCH3 is 1. The van der Waals surface area contributed by atoms with E-state index in [0.29, 0.717) is 23.8 Å². The molecule has 2 N–H and O–H groups in total. The largest absolute Gasteiger partial charge is 0.504 e. The number of ether oxygens (including phenoxy) is 1. The van der Waals surface area contributed by atoms with Crippen LogP contribution in [0.2, 0.25) is 0 Å². The minimum absolute atomic E-state index is 0.0144. The van der Waals surface area contributed by atoms with Crippen LogP contribution in [0.15, 0.2) is 18.2 Å². The Balaban J connectivity index is 1.87. The molecule has 0 bridgehead atoms. The molecule has 1 saturated heterocycles. The molecule has 0 aromatic heterocycles. The quantitative estimate of drug-likeness (QED) is 0.875. The number of piperidine rings is 1. The number of carbonyl (C=O) groups is 1. The van der Waals surface area contributed by atoms with Gasteiger partial charge in [-0.3, -0.25) is 4.79 Å². The topological polar surface area (TPSA) is 61.8 Å². The van der Waals surface area contributed by atoms with E-state index < -0.39 is 0 Å². The fraction of sp³-hybridized carbons (Fsp3) is 0.533. The second-order valence-electron chi connectivity index (χ2n) is 5.34. The standard InChI is InChI=1S/C15H22N2O3/c1-17-7-5-11(6-8-17)10-16-15(19)12-3-4-14(20-2)13(18)9-12/h3-4,9,11,18H,5-8,10H2,1-2H3,(H,16,19). The minimum atomic E-state index is -0.151. The molecule has 1 aromatic carbocycles. The molecule has 0 atom stereocenters. The van der Waals surface area contributed by atoms with Crippen molar-refractivity contribution in [2.24, 2.45) is 5.92 Å². The fourth-order valence-electron chi connectivity index (χ4n) is 2.44. The first-order chi connectivity index (χ1) is 9.60. The molecule has 1 heterocycles. The minimum Gasteiger partial charge on any atom is -0.504 e. The first-order valence-electron chi connectivity index (χ1n) is 6.94. The Labute approximate surface area is 119 Å². The van der Waals surface area contributed by atoms with Crippen LogP contribution in [0.5, 0.6) is 11.5 Å². The number of amides is 1. The van der Waals surface area contributed by atoms with Gasteiger partial charge in [0.2, 0.25) is 0 Å². The molecule has 110 valence electrons. The maximum atomic E-state index is 12.0. The van der Waals surface area contributed by atoms with Gasteiger partial charge in [0.15, 0.2) is 11.5 Å². The molecule has 0 aliphatic carbocycles. The third-order valence-corrected chi connectivity index (χ3v) is 3.83. The highest BCUT2D eigenvalue weighted by atomic mass is 16.5. The number of nitrogens with zero attached hydrogens (tertiary/aromatic N) is 1. The Hall–Kier alpha value is -1.75. The predicted molar refractivity (Wildman–Crippen MR) is 77.2 cm³/mol.